The molecule has 0 unspecified atom stereocenters. The summed E-state index contributed by atoms with van der Waals surface area (Å²) >= 11 is 0. The van der Waals surface area contributed by atoms with Crippen LogP contribution in [0.1, 0.15) is 26.2 Å². The Balaban J connectivity index is -0.00000112. The van der Waals surface area contributed by atoms with Gasteiger partial charge in [0.2, 0.25) is 0 Å². The van der Waals surface area contributed by atoms with Gasteiger partial charge in [-0.3, -0.25) is 9.98 Å². The van der Waals surface area contributed by atoms with Gasteiger partial charge in [0, 0.05) is 27.8 Å². The van der Waals surface area contributed by atoms with Crippen LogP contribution in [0.4, 0.5) is 0 Å². The number of aliphatic imine (C=N–C) groups is 2. The second kappa shape index (κ2) is 17.2. The quantitative estimate of drug-likeness (QED) is 0.298. The van der Waals surface area contributed by atoms with Crippen LogP contribution in [0.25, 0.3) is 0 Å². The van der Waals surface area contributed by atoms with Crippen LogP contribution in [0.3, 0.4) is 0 Å². The summed E-state index contributed by atoms with van der Waals surface area (Å²) in [5, 5.41) is 0. The number of ether oxygens (including phenoxy) is 2. The predicted octanol–water partition coefficient (Wildman–Crippen LogP) is -1.02. The Labute approximate surface area is 131 Å². The molecule has 6 heteroatoms. The van der Waals surface area contributed by atoms with E-state index in [0.29, 0.717) is 13.2 Å². The molecule has 110 valence electrons. The van der Waals surface area contributed by atoms with Crippen LogP contribution in [0.15, 0.2) is 9.98 Å². The van der Waals surface area contributed by atoms with Crippen molar-refractivity contribution < 1.29 is 42.9 Å². The third-order valence-corrected chi connectivity index (χ3v) is 2.34. The molecule has 0 saturated carbocycles. The van der Waals surface area contributed by atoms with Gasteiger partial charge in [-0.2, -0.15) is 0 Å². The van der Waals surface area contributed by atoms with Gasteiger partial charge in [-0.25, -0.2) is 0 Å². The van der Waals surface area contributed by atoms with E-state index in [0.717, 1.165) is 37.3 Å². The molecule has 0 radical (unpaired) electrons. The minimum absolute atomic E-state index is 0. The van der Waals surface area contributed by atoms with Crippen molar-refractivity contribution in [2.45, 2.75) is 26.2 Å². The predicted molar refractivity (Wildman–Crippen MR) is 68.9 cm³/mol. The number of rotatable bonds is 9. The van der Waals surface area contributed by atoms with Crippen LogP contribution < -0.4 is 17.0 Å². The zero-order valence-corrected chi connectivity index (χ0v) is 14.2. The van der Waals surface area contributed by atoms with E-state index >= 15 is 0 Å². The first-order valence-corrected chi connectivity index (χ1v) is 5.78. The van der Waals surface area contributed by atoms with Gasteiger partial charge in [-0.1, -0.05) is 6.92 Å². The number of hydrogen-bond acceptors (Lipinski definition) is 4. The van der Waals surface area contributed by atoms with E-state index in [4.69, 9.17) is 9.47 Å². The normalized spacial score (nSPS) is 11.8. The van der Waals surface area contributed by atoms with Crippen molar-refractivity contribution in [2.24, 2.45) is 9.98 Å². The van der Waals surface area contributed by atoms with Crippen molar-refractivity contribution in [1.29, 1.82) is 0 Å². The summed E-state index contributed by atoms with van der Waals surface area (Å²) in [5.41, 5.74) is 2.19. The van der Waals surface area contributed by atoms with E-state index in [1.165, 1.54) is 0 Å². The van der Waals surface area contributed by atoms with Crippen LogP contribution in [0.5, 0.6) is 0 Å². The SMILES string of the molecule is CCC(=NC)C(CCCOCCOC)=NC.[Br-].[Ni+2]. The average molecular weight is 367 g/mol. The van der Waals surface area contributed by atoms with Crippen molar-refractivity contribution in [2.75, 3.05) is 41.0 Å². The Morgan fingerprint density at radius 1 is 1.00 bits per heavy atom. The first kappa shape index (κ1) is 23.3. The van der Waals surface area contributed by atoms with Crippen molar-refractivity contribution >= 4 is 11.4 Å². The van der Waals surface area contributed by atoms with Gasteiger partial charge < -0.3 is 26.5 Å². The smallest absolute Gasteiger partial charge is 1.00 e. The monoisotopic (exact) mass is 365 g/mol. The molecule has 0 aliphatic heterocycles. The third-order valence-electron chi connectivity index (χ3n) is 2.34. The van der Waals surface area contributed by atoms with E-state index in [1.54, 1.807) is 7.11 Å². The molecule has 0 atom stereocenters. The molecular formula is C12H24BrN2NiO2+. The Hall–Kier alpha value is 0.234. The van der Waals surface area contributed by atoms with Gasteiger partial charge in [0.1, 0.15) is 0 Å². The van der Waals surface area contributed by atoms with E-state index in [2.05, 4.69) is 16.9 Å². The maximum Gasteiger partial charge on any atom is 2.00 e. The maximum atomic E-state index is 5.40. The van der Waals surface area contributed by atoms with Gasteiger partial charge in [0.05, 0.1) is 24.6 Å². The molecule has 0 fully saturated rings. The Kier molecular flexibility index (Phi) is 22.3. The minimum atomic E-state index is 0. The molecule has 0 aromatic rings. The molecule has 0 aromatic carbocycles. The first-order valence-electron chi connectivity index (χ1n) is 5.78. The third kappa shape index (κ3) is 11.3. The molecule has 0 amide bonds. The van der Waals surface area contributed by atoms with E-state index < -0.39 is 0 Å². The summed E-state index contributed by atoms with van der Waals surface area (Å²) in [4.78, 5) is 8.50. The molecule has 0 aromatic heterocycles. The fraction of sp³-hybridized carbons (Fsp3) is 0.833. The molecule has 0 rings (SSSR count). The van der Waals surface area contributed by atoms with Crippen LogP contribution in [-0.2, 0) is 26.0 Å². The summed E-state index contributed by atoms with van der Waals surface area (Å²) in [6.07, 6.45) is 2.85. The van der Waals surface area contributed by atoms with Gasteiger partial charge >= 0.3 is 16.5 Å². The largest absolute Gasteiger partial charge is 2.00 e. The van der Waals surface area contributed by atoms with Crippen LogP contribution in [0.2, 0.25) is 0 Å². The van der Waals surface area contributed by atoms with Crippen LogP contribution in [-0.4, -0.2) is 52.4 Å². The molecule has 0 aliphatic carbocycles. The molecular weight excluding hydrogens is 343 g/mol. The van der Waals surface area contributed by atoms with Crippen molar-refractivity contribution in [3.8, 4) is 0 Å². The molecule has 0 N–H and O–H groups in total. The number of methoxy groups -OCH3 is 1. The topological polar surface area (TPSA) is 43.2 Å². The second-order valence-corrected chi connectivity index (χ2v) is 3.40. The van der Waals surface area contributed by atoms with Crippen molar-refractivity contribution in [3.63, 3.8) is 0 Å². The van der Waals surface area contributed by atoms with Crippen LogP contribution >= 0.6 is 0 Å². The summed E-state index contributed by atoms with van der Waals surface area (Å²) in [5.74, 6) is 0. The Bertz CT molecular complexity index is 236. The van der Waals surface area contributed by atoms with E-state index in [1.807, 2.05) is 14.1 Å². The molecule has 0 spiro atoms. The summed E-state index contributed by atoms with van der Waals surface area (Å²) < 4.78 is 10.3. The number of halogens is 1. The molecule has 0 aliphatic rings. The molecule has 0 saturated heterocycles. The second-order valence-electron chi connectivity index (χ2n) is 3.40. The summed E-state index contributed by atoms with van der Waals surface area (Å²) in [6.45, 7) is 4.18. The Morgan fingerprint density at radius 2 is 1.61 bits per heavy atom. The summed E-state index contributed by atoms with van der Waals surface area (Å²) in [6, 6.07) is 0. The number of nitrogens with zero attached hydrogens (tertiary/aromatic N) is 2. The Morgan fingerprint density at radius 3 is 2.06 bits per heavy atom. The minimum Gasteiger partial charge on any atom is -1.00 e. The maximum absolute atomic E-state index is 5.40. The standard InChI is InChI=1S/C12H24N2O2.BrH.Ni/c1-5-11(13-2)12(14-3)7-6-8-16-10-9-15-4;;/h5-10H2,1-4H3;1H;/q;;+2/p-1. The molecule has 0 heterocycles. The van der Waals surface area contributed by atoms with Gasteiger partial charge in [-0.05, 0) is 19.3 Å². The van der Waals surface area contributed by atoms with E-state index in [9.17, 15) is 0 Å². The molecule has 18 heavy (non-hydrogen) atoms. The fourth-order valence-corrected chi connectivity index (χ4v) is 1.46. The first-order chi connectivity index (χ1) is 7.79. The van der Waals surface area contributed by atoms with Crippen LogP contribution in [0, 0.1) is 0 Å². The summed E-state index contributed by atoms with van der Waals surface area (Å²) in [7, 11) is 5.32. The zero-order chi connectivity index (χ0) is 12.2. The average Bonchev–Trinajstić information content (AvgIpc) is 2.32. The molecule has 0 bridgehead atoms. The van der Waals surface area contributed by atoms with Crippen molar-refractivity contribution in [1.82, 2.24) is 0 Å². The van der Waals surface area contributed by atoms with Crippen molar-refractivity contribution in [3.05, 3.63) is 0 Å². The van der Waals surface area contributed by atoms with E-state index in [-0.39, 0.29) is 33.5 Å². The number of hydrogen-bond donors (Lipinski definition) is 0. The molecule has 4 nitrogen and oxygen atoms in total. The van der Waals surface area contributed by atoms with Gasteiger partial charge in [0.15, 0.2) is 0 Å². The fourth-order valence-electron chi connectivity index (χ4n) is 1.46. The van der Waals surface area contributed by atoms with Gasteiger partial charge in [-0.15, -0.1) is 0 Å². The zero-order valence-electron chi connectivity index (χ0n) is 11.6. The van der Waals surface area contributed by atoms with Gasteiger partial charge in [0.25, 0.3) is 0 Å².